The quantitative estimate of drug-likeness (QED) is 0.257. The average Bonchev–Trinajstić information content (AvgIpc) is 2.78. The Labute approximate surface area is 152 Å². The van der Waals surface area contributed by atoms with Crippen molar-refractivity contribution in [3.05, 3.63) is 11.3 Å². The summed E-state index contributed by atoms with van der Waals surface area (Å²) >= 11 is 0. The van der Waals surface area contributed by atoms with E-state index in [4.69, 9.17) is 0 Å². The van der Waals surface area contributed by atoms with Crippen LogP contribution in [-0.4, -0.2) is 46.0 Å². The number of hydrogen-bond acceptors (Lipinski definition) is 4. The number of aliphatic hydroxyl groups is 2. The van der Waals surface area contributed by atoms with Gasteiger partial charge in [-0.2, -0.15) is 0 Å². The molecule has 1 aliphatic rings. The standard InChI is InChI=1S/C20H35NO4/c1-5-6-7-8-9-10-11-12-13-14(2)18(23)16-19(24)17(15(3)22)21(4)20(16)25/h14-15,17,22-23H,5-13H2,1-4H3/b18-16-. The number of unbranched alkanes of at least 4 members (excludes halogenated alkanes) is 7. The van der Waals surface area contributed by atoms with E-state index in [1.807, 2.05) is 6.92 Å². The first-order chi connectivity index (χ1) is 11.8. The van der Waals surface area contributed by atoms with E-state index in [9.17, 15) is 19.8 Å². The molecule has 0 aromatic heterocycles. The predicted octanol–water partition coefficient (Wildman–Crippen LogP) is 3.76. The van der Waals surface area contributed by atoms with Crippen LogP contribution in [0.4, 0.5) is 0 Å². The van der Waals surface area contributed by atoms with Crippen LogP contribution in [0.15, 0.2) is 11.3 Å². The summed E-state index contributed by atoms with van der Waals surface area (Å²) in [6.45, 7) is 5.54. The first-order valence-corrected chi connectivity index (χ1v) is 9.75. The van der Waals surface area contributed by atoms with E-state index >= 15 is 0 Å². The van der Waals surface area contributed by atoms with Gasteiger partial charge in [-0.15, -0.1) is 0 Å². The van der Waals surface area contributed by atoms with Crippen LogP contribution in [0.5, 0.6) is 0 Å². The molecule has 5 heteroatoms. The number of rotatable bonds is 11. The van der Waals surface area contributed by atoms with Gasteiger partial charge in [0.05, 0.1) is 6.10 Å². The molecule has 1 amide bonds. The number of amides is 1. The number of ketones is 1. The van der Waals surface area contributed by atoms with Gasteiger partial charge in [-0.1, -0.05) is 65.2 Å². The van der Waals surface area contributed by atoms with Crippen molar-refractivity contribution in [1.82, 2.24) is 4.90 Å². The van der Waals surface area contributed by atoms with Gasteiger partial charge in [0, 0.05) is 13.0 Å². The van der Waals surface area contributed by atoms with Gasteiger partial charge in [0.1, 0.15) is 17.4 Å². The zero-order chi connectivity index (χ0) is 19.0. The summed E-state index contributed by atoms with van der Waals surface area (Å²) in [7, 11) is 1.49. The molecule has 0 radical (unpaired) electrons. The second-order valence-corrected chi connectivity index (χ2v) is 7.39. The molecular formula is C20H35NO4. The molecule has 0 aromatic carbocycles. The Morgan fingerprint density at radius 1 is 1.04 bits per heavy atom. The Bertz CT molecular complexity index is 484. The number of allylic oxidation sites excluding steroid dienone is 1. The number of aliphatic hydroxyl groups excluding tert-OH is 2. The van der Waals surface area contributed by atoms with E-state index in [0.717, 1.165) is 19.3 Å². The Morgan fingerprint density at radius 2 is 1.56 bits per heavy atom. The molecule has 0 bridgehead atoms. The maximum absolute atomic E-state index is 12.4. The van der Waals surface area contributed by atoms with E-state index in [-0.39, 0.29) is 17.3 Å². The first-order valence-electron chi connectivity index (χ1n) is 9.75. The molecule has 2 N–H and O–H groups in total. The average molecular weight is 354 g/mol. The van der Waals surface area contributed by atoms with E-state index in [2.05, 4.69) is 6.92 Å². The molecule has 0 aromatic rings. The third-order valence-electron chi connectivity index (χ3n) is 5.14. The van der Waals surface area contributed by atoms with Crippen molar-refractivity contribution in [2.75, 3.05) is 7.05 Å². The smallest absolute Gasteiger partial charge is 0.261 e. The Balaban J connectivity index is 2.49. The maximum atomic E-state index is 12.4. The summed E-state index contributed by atoms with van der Waals surface area (Å²) in [5.74, 6) is -1.30. The van der Waals surface area contributed by atoms with Gasteiger partial charge < -0.3 is 15.1 Å². The topological polar surface area (TPSA) is 77.8 Å². The number of carbonyl (C=O) groups excluding carboxylic acids is 2. The SMILES string of the molecule is CCCCCCCCCCC(C)/C(O)=C1\C(=O)C(C(C)O)N(C)C1=O. The number of hydrogen-bond donors (Lipinski definition) is 2. The van der Waals surface area contributed by atoms with Gasteiger partial charge >= 0.3 is 0 Å². The minimum absolute atomic E-state index is 0.118. The summed E-state index contributed by atoms with van der Waals surface area (Å²) < 4.78 is 0. The lowest BCUT2D eigenvalue weighted by Crippen LogP contribution is -2.40. The lowest BCUT2D eigenvalue weighted by Gasteiger charge is -2.19. The summed E-state index contributed by atoms with van der Waals surface area (Å²) in [6, 6.07) is -0.889. The van der Waals surface area contributed by atoms with Gasteiger partial charge in [0.15, 0.2) is 5.78 Å². The zero-order valence-corrected chi connectivity index (χ0v) is 16.3. The summed E-state index contributed by atoms with van der Waals surface area (Å²) in [5.41, 5.74) is -0.138. The van der Waals surface area contributed by atoms with Gasteiger partial charge in [0.25, 0.3) is 5.91 Å². The van der Waals surface area contributed by atoms with E-state index in [1.165, 1.54) is 57.4 Å². The minimum atomic E-state index is -0.949. The third-order valence-corrected chi connectivity index (χ3v) is 5.14. The van der Waals surface area contributed by atoms with Crippen LogP contribution < -0.4 is 0 Å². The molecule has 0 spiro atoms. The van der Waals surface area contributed by atoms with Crippen LogP contribution in [0.25, 0.3) is 0 Å². The second kappa shape index (κ2) is 10.6. The van der Waals surface area contributed by atoms with E-state index in [0.29, 0.717) is 0 Å². The minimum Gasteiger partial charge on any atom is -0.511 e. The third kappa shape index (κ3) is 5.84. The Hall–Kier alpha value is -1.36. The highest BCUT2D eigenvalue weighted by molar-refractivity contribution is 6.26. The highest BCUT2D eigenvalue weighted by Crippen LogP contribution is 2.28. The van der Waals surface area contributed by atoms with Gasteiger partial charge in [0.2, 0.25) is 0 Å². The molecule has 1 aliphatic heterocycles. The Morgan fingerprint density at radius 3 is 2.04 bits per heavy atom. The van der Waals surface area contributed by atoms with Crippen molar-refractivity contribution in [3.8, 4) is 0 Å². The first kappa shape index (κ1) is 21.7. The number of likely N-dealkylation sites (N-methyl/N-ethyl adjacent to an activating group) is 1. The van der Waals surface area contributed by atoms with E-state index in [1.54, 1.807) is 0 Å². The molecule has 144 valence electrons. The lowest BCUT2D eigenvalue weighted by atomic mass is 9.95. The monoisotopic (exact) mass is 353 g/mol. The molecule has 0 aliphatic carbocycles. The molecule has 5 nitrogen and oxygen atoms in total. The Kier molecular flexibility index (Phi) is 9.19. The van der Waals surface area contributed by atoms with E-state index < -0.39 is 23.8 Å². The van der Waals surface area contributed by atoms with Gasteiger partial charge in [-0.05, 0) is 13.3 Å². The molecule has 1 fully saturated rings. The normalized spacial score (nSPS) is 22.4. The fourth-order valence-electron chi connectivity index (χ4n) is 3.48. The van der Waals surface area contributed by atoms with Crippen LogP contribution in [0, 0.1) is 5.92 Å². The van der Waals surface area contributed by atoms with Crippen molar-refractivity contribution >= 4 is 11.7 Å². The second-order valence-electron chi connectivity index (χ2n) is 7.39. The number of carbonyl (C=O) groups is 2. The summed E-state index contributed by atoms with van der Waals surface area (Å²) in [4.78, 5) is 25.9. The van der Waals surface area contributed by atoms with Crippen molar-refractivity contribution < 1.29 is 19.8 Å². The molecular weight excluding hydrogens is 318 g/mol. The van der Waals surface area contributed by atoms with Crippen molar-refractivity contribution in [2.45, 2.75) is 90.7 Å². The van der Waals surface area contributed by atoms with Crippen LogP contribution >= 0.6 is 0 Å². The molecule has 3 unspecified atom stereocenters. The molecule has 1 rings (SSSR count). The fraction of sp³-hybridized carbons (Fsp3) is 0.800. The predicted molar refractivity (Wildman–Crippen MR) is 99.3 cm³/mol. The van der Waals surface area contributed by atoms with Crippen LogP contribution in [0.1, 0.15) is 78.6 Å². The van der Waals surface area contributed by atoms with Gasteiger partial charge in [-0.3, -0.25) is 9.59 Å². The van der Waals surface area contributed by atoms with Crippen molar-refractivity contribution in [2.24, 2.45) is 5.92 Å². The van der Waals surface area contributed by atoms with Crippen molar-refractivity contribution in [3.63, 3.8) is 0 Å². The summed E-state index contributed by atoms with van der Waals surface area (Å²) in [6.07, 6.45) is 9.50. The molecule has 0 saturated carbocycles. The van der Waals surface area contributed by atoms with Crippen LogP contribution in [0.2, 0.25) is 0 Å². The highest BCUT2D eigenvalue weighted by atomic mass is 16.3. The zero-order valence-electron chi connectivity index (χ0n) is 16.3. The lowest BCUT2D eigenvalue weighted by molar-refractivity contribution is -0.128. The van der Waals surface area contributed by atoms with Crippen LogP contribution in [0.3, 0.4) is 0 Å². The fourth-order valence-corrected chi connectivity index (χ4v) is 3.48. The molecule has 3 atom stereocenters. The van der Waals surface area contributed by atoms with Crippen LogP contribution in [-0.2, 0) is 9.59 Å². The molecule has 25 heavy (non-hydrogen) atoms. The highest BCUT2D eigenvalue weighted by Gasteiger charge is 2.45. The number of likely N-dealkylation sites (tertiary alicyclic amines) is 1. The largest absolute Gasteiger partial charge is 0.511 e. The molecule has 1 saturated heterocycles. The molecule has 1 heterocycles. The summed E-state index contributed by atoms with van der Waals surface area (Å²) in [5, 5.41) is 20.1. The number of Topliss-reactive ketones (excluding diaryl/α,β-unsaturated/α-hetero) is 1. The van der Waals surface area contributed by atoms with Crippen molar-refractivity contribution in [1.29, 1.82) is 0 Å². The maximum Gasteiger partial charge on any atom is 0.261 e. The number of nitrogens with zero attached hydrogens (tertiary/aromatic N) is 1. The van der Waals surface area contributed by atoms with Gasteiger partial charge in [-0.25, -0.2) is 0 Å².